The van der Waals surface area contributed by atoms with Gasteiger partial charge in [-0.2, -0.15) is 0 Å². The van der Waals surface area contributed by atoms with Crippen molar-refractivity contribution in [3.8, 4) is 0 Å². The Hall–Kier alpha value is -0.610. The number of rotatable bonds is 6. The van der Waals surface area contributed by atoms with Crippen molar-refractivity contribution in [3.05, 3.63) is 0 Å². The SMILES string of the molecule is CCOC1CC(N)(C(=O)N(C)CCC(C)C)C1(C)C. The molecule has 1 fully saturated rings. The van der Waals surface area contributed by atoms with Crippen LogP contribution in [0, 0.1) is 11.3 Å². The maximum Gasteiger partial charge on any atom is 0.243 e. The average molecular weight is 270 g/mol. The lowest BCUT2D eigenvalue weighted by Gasteiger charge is -2.58. The molecule has 0 aromatic rings. The van der Waals surface area contributed by atoms with Gasteiger partial charge in [-0.05, 0) is 19.3 Å². The van der Waals surface area contributed by atoms with Gasteiger partial charge in [-0.3, -0.25) is 4.79 Å². The lowest BCUT2D eigenvalue weighted by Crippen LogP contribution is -2.75. The third-order valence-corrected chi connectivity index (χ3v) is 4.60. The van der Waals surface area contributed by atoms with E-state index < -0.39 is 5.54 Å². The first-order valence-electron chi connectivity index (χ1n) is 7.32. The van der Waals surface area contributed by atoms with E-state index in [-0.39, 0.29) is 17.4 Å². The first-order chi connectivity index (χ1) is 8.66. The number of ether oxygens (including phenoxy) is 1. The van der Waals surface area contributed by atoms with Gasteiger partial charge in [-0.1, -0.05) is 27.7 Å². The molecule has 2 N–H and O–H groups in total. The standard InChI is InChI=1S/C15H30N2O2/c1-7-19-12-10-15(16,14(12,4)5)13(18)17(6)9-8-11(2)3/h11-12H,7-10,16H2,1-6H3. The second-order valence-electron chi connectivity index (χ2n) is 6.75. The number of hydrogen-bond acceptors (Lipinski definition) is 3. The summed E-state index contributed by atoms with van der Waals surface area (Å²) >= 11 is 0. The predicted molar refractivity (Wildman–Crippen MR) is 77.8 cm³/mol. The van der Waals surface area contributed by atoms with Gasteiger partial charge >= 0.3 is 0 Å². The molecule has 0 aromatic carbocycles. The van der Waals surface area contributed by atoms with Gasteiger partial charge in [0.15, 0.2) is 0 Å². The van der Waals surface area contributed by atoms with Crippen LogP contribution >= 0.6 is 0 Å². The second-order valence-corrected chi connectivity index (χ2v) is 6.75. The number of likely N-dealkylation sites (N-methyl/N-ethyl adjacent to an activating group) is 1. The second kappa shape index (κ2) is 5.80. The predicted octanol–water partition coefficient (Wildman–Crippen LogP) is 2.02. The highest BCUT2D eigenvalue weighted by atomic mass is 16.5. The average Bonchev–Trinajstić information content (AvgIpc) is 2.34. The number of carbonyl (C=O) groups is 1. The van der Waals surface area contributed by atoms with Crippen LogP contribution in [0.15, 0.2) is 0 Å². The Morgan fingerprint density at radius 3 is 2.47 bits per heavy atom. The van der Waals surface area contributed by atoms with E-state index in [1.54, 1.807) is 4.90 Å². The molecule has 2 unspecified atom stereocenters. The largest absolute Gasteiger partial charge is 0.378 e. The normalized spacial score (nSPS) is 29.2. The van der Waals surface area contributed by atoms with Crippen LogP contribution in [0.5, 0.6) is 0 Å². The minimum Gasteiger partial charge on any atom is -0.378 e. The van der Waals surface area contributed by atoms with Crippen molar-refractivity contribution in [1.82, 2.24) is 4.90 Å². The molecule has 1 amide bonds. The first kappa shape index (κ1) is 16.4. The van der Waals surface area contributed by atoms with Crippen LogP contribution in [0.1, 0.15) is 47.5 Å². The quantitative estimate of drug-likeness (QED) is 0.803. The van der Waals surface area contributed by atoms with Gasteiger partial charge in [0.25, 0.3) is 0 Å². The Morgan fingerprint density at radius 2 is 2.05 bits per heavy atom. The fourth-order valence-electron chi connectivity index (χ4n) is 2.69. The van der Waals surface area contributed by atoms with Gasteiger partial charge in [0, 0.05) is 32.0 Å². The minimum atomic E-state index is -0.779. The molecule has 0 saturated heterocycles. The van der Waals surface area contributed by atoms with Gasteiger partial charge in [-0.25, -0.2) is 0 Å². The summed E-state index contributed by atoms with van der Waals surface area (Å²) in [7, 11) is 1.85. The van der Waals surface area contributed by atoms with Crippen LogP contribution in [-0.4, -0.2) is 42.6 Å². The molecule has 1 rings (SSSR count). The molecule has 1 aliphatic carbocycles. The van der Waals surface area contributed by atoms with E-state index in [1.807, 2.05) is 27.8 Å². The fraction of sp³-hybridized carbons (Fsp3) is 0.933. The fourth-order valence-corrected chi connectivity index (χ4v) is 2.69. The van der Waals surface area contributed by atoms with E-state index in [4.69, 9.17) is 10.5 Å². The maximum atomic E-state index is 12.6. The summed E-state index contributed by atoms with van der Waals surface area (Å²) in [5, 5.41) is 0. The van der Waals surface area contributed by atoms with Crippen LogP contribution in [0.25, 0.3) is 0 Å². The molecule has 0 aliphatic heterocycles. The van der Waals surface area contributed by atoms with Crippen molar-refractivity contribution in [2.45, 2.75) is 59.1 Å². The Kier molecular flexibility index (Phi) is 5.02. The third kappa shape index (κ3) is 2.95. The molecule has 0 bridgehead atoms. The summed E-state index contributed by atoms with van der Waals surface area (Å²) in [6.07, 6.45) is 1.72. The molecule has 4 heteroatoms. The molecule has 19 heavy (non-hydrogen) atoms. The highest BCUT2D eigenvalue weighted by molar-refractivity contribution is 5.88. The van der Waals surface area contributed by atoms with Gasteiger partial charge < -0.3 is 15.4 Å². The number of hydrogen-bond donors (Lipinski definition) is 1. The summed E-state index contributed by atoms with van der Waals surface area (Å²) in [6, 6.07) is 0. The third-order valence-electron chi connectivity index (χ3n) is 4.60. The molecule has 1 aliphatic rings. The van der Waals surface area contributed by atoms with Crippen molar-refractivity contribution in [2.75, 3.05) is 20.2 Å². The first-order valence-corrected chi connectivity index (χ1v) is 7.32. The molecule has 0 spiro atoms. The summed E-state index contributed by atoms with van der Waals surface area (Å²) in [5.74, 6) is 0.642. The zero-order valence-electron chi connectivity index (χ0n) is 13.3. The molecule has 0 heterocycles. The molecular formula is C15H30N2O2. The summed E-state index contributed by atoms with van der Waals surface area (Å²) in [6.45, 7) is 11.8. The zero-order valence-corrected chi connectivity index (χ0v) is 13.3. The summed E-state index contributed by atoms with van der Waals surface area (Å²) in [4.78, 5) is 14.4. The smallest absolute Gasteiger partial charge is 0.243 e. The summed E-state index contributed by atoms with van der Waals surface area (Å²) < 4.78 is 5.67. The van der Waals surface area contributed by atoms with Crippen molar-refractivity contribution in [1.29, 1.82) is 0 Å². The monoisotopic (exact) mass is 270 g/mol. The summed E-state index contributed by atoms with van der Waals surface area (Å²) in [5.41, 5.74) is 5.30. The van der Waals surface area contributed by atoms with Crippen molar-refractivity contribution < 1.29 is 9.53 Å². The van der Waals surface area contributed by atoms with Crippen molar-refractivity contribution >= 4 is 5.91 Å². The van der Waals surface area contributed by atoms with Gasteiger partial charge in [0.2, 0.25) is 5.91 Å². The highest BCUT2D eigenvalue weighted by Crippen LogP contribution is 2.50. The molecule has 1 saturated carbocycles. The van der Waals surface area contributed by atoms with Crippen LogP contribution in [0.2, 0.25) is 0 Å². The number of amides is 1. The Bertz CT molecular complexity index is 328. The van der Waals surface area contributed by atoms with Gasteiger partial charge in [0.1, 0.15) is 5.54 Å². The highest BCUT2D eigenvalue weighted by Gasteiger charge is 2.63. The van der Waals surface area contributed by atoms with Crippen LogP contribution in [0.3, 0.4) is 0 Å². The van der Waals surface area contributed by atoms with E-state index in [2.05, 4.69) is 13.8 Å². The molecule has 0 radical (unpaired) electrons. The molecule has 4 nitrogen and oxygen atoms in total. The maximum absolute atomic E-state index is 12.6. The zero-order chi connectivity index (χ0) is 14.8. The van der Waals surface area contributed by atoms with Gasteiger partial charge in [-0.15, -0.1) is 0 Å². The molecule has 0 aromatic heterocycles. The molecular weight excluding hydrogens is 240 g/mol. The van der Waals surface area contributed by atoms with E-state index >= 15 is 0 Å². The van der Waals surface area contributed by atoms with E-state index in [1.165, 1.54) is 0 Å². The van der Waals surface area contributed by atoms with E-state index in [0.717, 1.165) is 13.0 Å². The van der Waals surface area contributed by atoms with Crippen LogP contribution in [0.4, 0.5) is 0 Å². The molecule has 2 atom stereocenters. The van der Waals surface area contributed by atoms with E-state index in [9.17, 15) is 4.79 Å². The van der Waals surface area contributed by atoms with Crippen molar-refractivity contribution in [2.24, 2.45) is 17.1 Å². The lowest BCUT2D eigenvalue weighted by molar-refractivity contribution is -0.178. The Morgan fingerprint density at radius 1 is 1.47 bits per heavy atom. The van der Waals surface area contributed by atoms with E-state index in [0.29, 0.717) is 18.9 Å². The van der Waals surface area contributed by atoms with Gasteiger partial charge in [0.05, 0.1) is 6.10 Å². The lowest BCUT2D eigenvalue weighted by atomic mass is 9.54. The number of carbonyl (C=O) groups excluding carboxylic acids is 1. The Balaban J connectivity index is 2.66. The Labute approximate surface area is 117 Å². The number of nitrogens with zero attached hydrogens (tertiary/aromatic N) is 1. The number of nitrogens with two attached hydrogens (primary N) is 1. The molecule has 112 valence electrons. The van der Waals surface area contributed by atoms with Crippen LogP contribution < -0.4 is 5.73 Å². The topological polar surface area (TPSA) is 55.6 Å². The van der Waals surface area contributed by atoms with Crippen LogP contribution in [-0.2, 0) is 9.53 Å². The minimum absolute atomic E-state index is 0.0501. The van der Waals surface area contributed by atoms with Crippen molar-refractivity contribution in [3.63, 3.8) is 0 Å².